The van der Waals surface area contributed by atoms with Crippen molar-refractivity contribution in [2.75, 3.05) is 0 Å². The maximum atomic E-state index is 12.2. The van der Waals surface area contributed by atoms with Crippen LogP contribution in [0.5, 0.6) is 0 Å². The number of hydrogen-bond acceptors (Lipinski definition) is 4. The maximum absolute atomic E-state index is 12.2. The van der Waals surface area contributed by atoms with E-state index in [2.05, 4.69) is 0 Å². The summed E-state index contributed by atoms with van der Waals surface area (Å²) in [6.45, 7) is 8.80. The number of ether oxygens (including phenoxy) is 2. The Morgan fingerprint density at radius 3 is 1.90 bits per heavy atom. The number of aryl methyl sites for hydroxylation is 1. The van der Waals surface area contributed by atoms with E-state index in [-0.39, 0.29) is 0 Å². The first-order chi connectivity index (χ1) is 9.13. The zero-order valence-corrected chi connectivity index (χ0v) is 12.5. The molecule has 1 aromatic rings. The molecule has 1 fully saturated rings. The summed E-state index contributed by atoms with van der Waals surface area (Å²) >= 11 is 0. The molecule has 0 saturated carbocycles. The van der Waals surface area contributed by atoms with Gasteiger partial charge in [-0.25, -0.2) is 0 Å². The van der Waals surface area contributed by atoms with E-state index in [1.165, 1.54) is 0 Å². The zero-order chi connectivity index (χ0) is 15.1. The third kappa shape index (κ3) is 2.55. The molecule has 0 amide bonds. The Kier molecular flexibility index (Phi) is 3.36. The van der Waals surface area contributed by atoms with Crippen LogP contribution in [-0.2, 0) is 24.5 Å². The lowest BCUT2D eigenvalue weighted by Crippen LogP contribution is -2.52. The fourth-order valence-electron chi connectivity index (χ4n) is 2.46. The Bertz CT molecular complexity index is 520. The maximum Gasteiger partial charge on any atom is 0.324 e. The SMILES string of the molecule is Cc1ccc(C(C)(C)C2C(=O)OC(C)(C)OC2=O)cc1. The second-order valence-electron chi connectivity index (χ2n) is 6.26. The summed E-state index contributed by atoms with van der Waals surface area (Å²) in [7, 11) is 0. The average molecular weight is 276 g/mol. The fraction of sp³-hybridized carbons (Fsp3) is 0.500. The Morgan fingerprint density at radius 1 is 1.00 bits per heavy atom. The molecule has 0 bridgehead atoms. The monoisotopic (exact) mass is 276 g/mol. The van der Waals surface area contributed by atoms with E-state index >= 15 is 0 Å². The van der Waals surface area contributed by atoms with Crippen molar-refractivity contribution in [1.82, 2.24) is 0 Å². The van der Waals surface area contributed by atoms with Crippen molar-refractivity contribution in [2.45, 2.75) is 45.8 Å². The second-order valence-corrected chi connectivity index (χ2v) is 6.26. The van der Waals surface area contributed by atoms with Gasteiger partial charge in [-0.1, -0.05) is 43.7 Å². The lowest BCUT2D eigenvalue weighted by molar-refractivity contribution is -0.243. The van der Waals surface area contributed by atoms with Crippen molar-refractivity contribution in [1.29, 1.82) is 0 Å². The van der Waals surface area contributed by atoms with Crippen molar-refractivity contribution >= 4 is 11.9 Å². The van der Waals surface area contributed by atoms with Crippen LogP contribution >= 0.6 is 0 Å². The van der Waals surface area contributed by atoms with Crippen LogP contribution in [-0.4, -0.2) is 17.7 Å². The van der Waals surface area contributed by atoms with E-state index in [0.29, 0.717) is 0 Å². The first-order valence-electron chi connectivity index (χ1n) is 6.66. The Morgan fingerprint density at radius 2 is 1.45 bits per heavy atom. The number of cyclic esters (lactones) is 2. The summed E-state index contributed by atoms with van der Waals surface area (Å²) in [4.78, 5) is 24.4. The predicted molar refractivity (Wildman–Crippen MR) is 74.0 cm³/mol. The molecule has 0 spiro atoms. The van der Waals surface area contributed by atoms with Gasteiger partial charge in [-0.05, 0) is 12.5 Å². The number of carbonyl (C=O) groups is 2. The van der Waals surface area contributed by atoms with Gasteiger partial charge in [-0.15, -0.1) is 0 Å². The van der Waals surface area contributed by atoms with Crippen LogP contribution in [0, 0.1) is 12.8 Å². The average Bonchev–Trinajstić information content (AvgIpc) is 2.25. The van der Waals surface area contributed by atoms with E-state index in [1.54, 1.807) is 13.8 Å². The molecule has 1 aliphatic heterocycles. The number of rotatable bonds is 2. The van der Waals surface area contributed by atoms with Gasteiger partial charge in [0, 0.05) is 19.3 Å². The summed E-state index contributed by atoms with van der Waals surface area (Å²) in [6.07, 6.45) is 0. The molecule has 4 heteroatoms. The molecule has 2 rings (SSSR count). The minimum absolute atomic E-state index is 0.531. The molecule has 0 aliphatic carbocycles. The fourth-order valence-corrected chi connectivity index (χ4v) is 2.46. The summed E-state index contributed by atoms with van der Waals surface area (Å²) in [5.74, 6) is -3.19. The van der Waals surface area contributed by atoms with E-state index in [4.69, 9.17) is 9.47 Å². The van der Waals surface area contributed by atoms with Crippen LogP contribution in [0.15, 0.2) is 24.3 Å². The molecule has 1 heterocycles. The Labute approximate surface area is 119 Å². The number of hydrogen-bond donors (Lipinski definition) is 0. The minimum atomic E-state index is -1.19. The molecule has 0 aromatic heterocycles. The standard InChI is InChI=1S/C16H20O4/c1-10-6-8-11(9-7-10)15(2,3)12-13(17)19-16(4,5)20-14(12)18/h6-9,12H,1-5H3. The van der Waals surface area contributed by atoms with Crippen LogP contribution in [0.1, 0.15) is 38.8 Å². The van der Waals surface area contributed by atoms with Gasteiger partial charge in [0.1, 0.15) is 0 Å². The third-order valence-corrected chi connectivity index (χ3v) is 3.68. The Hall–Kier alpha value is -1.84. The summed E-state index contributed by atoms with van der Waals surface area (Å²) in [5, 5.41) is 0. The van der Waals surface area contributed by atoms with Crippen molar-refractivity contribution in [3.8, 4) is 0 Å². The molecule has 1 aromatic carbocycles. The Balaban J connectivity index is 2.36. The van der Waals surface area contributed by atoms with Gasteiger partial charge in [0.2, 0.25) is 0 Å². The highest BCUT2D eigenvalue weighted by atomic mass is 16.7. The largest absolute Gasteiger partial charge is 0.422 e. The number of esters is 2. The molecule has 1 saturated heterocycles. The van der Waals surface area contributed by atoms with E-state index in [1.807, 2.05) is 45.0 Å². The lowest BCUT2D eigenvalue weighted by atomic mass is 9.73. The molecule has 0 unspecified atom stereocenters. The molecular weight excluding hydrogens is 256 g/mol. The quantitative estimate of drug-likeness (QED) is 0.615. The molecule has 108 valence electrons. The van der Waals surface area contributed by atoms with Crippen LogP contribution < -0.4 is 0 Å². The lowest BCUT2D eigenvalue weighted by Gasteiger charge is -2.39. The predicted octanol–water partition coefficient (Wildman–Crippen LogP) is 2.72. The topological polar surface area (TPSA) is 52.6 Å². The van der Waals surface area contributed by atoms with Crippen LogP contribution in [0.3, 0.4) is 0 Å². The third-order valence-electron chi connectivity index (χ3n) is 3.68. The van der Waals surface area contributed by atoms with Gasteiger partial charge >= 0.3 is 11.9 Å². The molecule has 20 heavy (non-hydrogen) atoms. The van der Waals surface area contributed by atoms with E-state index in [0.717, 1.165) is 11.1 Å². The molecule has 1 aliphatic rings. The number of carbonyl (C=O) groups excluding carboxylic acids is 2. The smallest absolute Gasteiger partial charge is 0.324 e. The van der Waals surface area contributed by atoms with Crippen molar-refractivity contribution in [3.63, 3.8) is 0 Å². The van der Waals surface area contributed by atoms with Gasteiger partial charge in [-0.3, -0.25) is 9.59 Å². The highest BCUT2D eigenvalue weighted by molar-refractivity contribution is 5.98. The number of benzene rings is 1. The second kappa shape index (κ2) is 4.62. The summed E-state index contributed by atoms with van der Waals surface area (Å²) in [6, 6.07) is 7.77. The van der Waals surface area contributed by atoms with Crippen molar-refractivity contribution < 1.29 is 19.1 Å². The molecule has 4 nitrogen and oxygen atoms in total. The highest BCUT2D eigenvalue weighted by Gasteiger charge is 2.51. The van der Waals surface area contributed by atoms with Gasteiger partial charge in [0.05, 0.1) is 0 Å². The summed E-state index contributed by atoms with van der Waals surface area (Å²) in [5.41, 5.74) is 1.35. The van der Waals surface area contributed by atoms with Gasteiger partial charge in [0.25, 0.3) is 5.79 Å². The summed E-state index contributed by atoms with van der Waals surface area (Å²) < 4.78 is 10.4. The van der Waals surface area contributed by atoms with E-state index in [9.17, 15) is 9.59 Å². The minimum Gasteiger partial charge on any atom is -0.422 e. The molecule has 0 radical (unpaired) electrons. The van der Waals surface area contributed by atoms with Crippen LogP contribution in [0.4, 0.5) is 0 Å². The molecule has 0 N–H and O–H groups in total. The molecular formula is C16H20O4. The van der Waals surface area contributed by atoms with Crippen molar-refractivity contribution in [2.24, 2.45) is 5.92 Å². The first kappa shape index (κ1) is 14.6. The van der Waals surface area contributed by atoms with Gasteiger partial charge in [-0.2, -0.15) is 0 Å². The normalized spacial score (nSPS) is 19.4. The van der Waals surface area contributed by atoms with Gasteiger partial charge < -0.3 is 9.47 Å². The zero-order valence-electron chi connectivity index (χ0n) is 12.5. The molecule has 0 atom stereocenters. The van der Waals surface area contributed by atoms with Crippen molar-refractivity contribution in [3.05, 3.63) is 35.4 Å². The van der Waals surface area contributed by atoms with E-state index < -0.39 is 29.1 Å². The first-order valence-corrected chi connectivity index (χ1v) is 6.66. The van der Waals surface area contributed by atoms with Crippen LogP contribution in [0.2, 0.25) is 0 Å². The highest BCUT2D eigenvalue weighted by Crippen LogP contribution is 2.38. The van der Waals surface area contributed by atoms with Gasteiger partial charge in [0.15, 0.2) is 5.92 Å². The van der Waals surface area contributed by atoms with Crippen LogP contribution in [0.25, 0.3) is 0 Å².